The van der Waals surface area contributed by atoms with Crippen LogP contribution in [-0.4, -0.2) is 0 Å². The molecule has 68 valence electrons. The molecule has 0 saturated heterocycles. The molecule has 0 bridgehead atoms. The van der Waals surface area contributed by atoms with Crippen molar-refractivity contribution in [2.45, 2.75) is 26.2 Å². The lowest BCUT2D eigenvalue weighted by Crippen LogP contribution is -1.95. The zero-order valence-electron chi connectivity index (χ0n) is 8.04. The quantitative estimate of drug-likeness (QED) is 0.701. The monoisotopic (exact) mass is 174 g/mol. The standard InChI is InChI=1S/C11H14N2/c1-3-8(2)9-4-5-11(13)10(6-9)7-12/h4-6,8H,3,13H2,1-2H3. The summed E-state index contributed by atoms with van der Waals surface area (Å²) in [7, 11) is 0. The van der Waals surface area contributed by atoms with E-state index in [0.29, 0.717) is 17.2 Å². The van der Waals surface area contributed by atoms with Gasteiger partial charge in [0.15, 0.2) is 0 Å². The van der Waals surface area contributed by atoms with Crippen LogP contribution >= 0.6 is 0 Å². The van der Waals surface area contributed by atoms with Gasteiger partial charge in [-0.15, -0.1) is 0 Å². The van der Waals surface area contributed by atoms with E-state index >= 15 is 0 Å². The smallest absolute Gasteiger partial charge is 0.101 e. The summed E-state index contributed by atoms with van der Waals surface area (Å²) in [5, 5.41) is 8.77. The van der Waals surface area contributed by atoms with Crippen molar-refractivity contribution in [2.75, 3.05) is 5.73 Å². The van der Waals surface area contributed by atoms with Gasteiger partial charge in [0, 0.05) is 5.69 Å². The Morgan fingerprint density at radius 1 is 1.54 bits per heavy atom. The number of nitriles is 1. The third-order valence-electron chi connectivity index (χ3n) is 2.38. The lowest BCUT2D eigenvalue weighted by Gasteiger charge is -2.09. The Bertz CT molecular complexity index is 336. The van der Waals surface area contributed by atoms with Crippen LogP contribution in [0.4, 0.5) is 5.69 Å². The Kier molecular flexibility index (Phi) is 2.92. The van der Waals surface area contributed by atoms with E-state index in [9.17, 15) is 0 Å². The van der Waals surface area contributed by atoms with E-state index < -0.39 is 0 Å². The first-order valence-corrected chi connectivity index (χ1v) is 4.48. The lowest BCUT2D eigenvalue weighted by molar-refractivity contribution is 0.733. The zero-order chi connectivity index (χ0) is 9.84. The van der Waals surface area contributed by atoms with Crippen LogP contribution in [0, 0.1) is 11.3 Å². The van der Waals surface area contributed by atoms with Crippen LogP contribution in [0.15, 0.2) is 18.2 Å². The van der Waals surface area contributed by atoms with Crippen LogP contribution in [0.3, 0.4) is 0 Å². The number of nitrogens with two attached hydrogens (primary N) is 1. The summed E-state index contributed by atoms with van der Waals surface area (Å²) in [5.74, 6) is 0.493. The van der Waals surface area contributed by atoms with Gasteiger partial charge >= 0.3 is 0 Å². The minimum absolute atomic E-state index is 0.493. The van der Waals surface area contributed by atoms with Gasteiger partial charge in [0.1, 0.15) is 6.07 Å². The molecular weight excluding hydrogens is 160 g/mol. The van der Waals surface area contributed by atoms with Crippen LogP contribution in [0.1, 0.15) is 37.3 Å². The van der Waals surface area contributed by atoms with Crippen LogP contribution in [0.2, 0.25) is 0 Å². The molecule has 0 fully saturated rings. The van der Waals surface area contributed by atoms with Gasteiger partial charge in [-0.2, -0.15) is 5.26 Å². The molecule has 0 aliphatic carbocycles. The average molecular weight is 174 g/mol. The van der Waals surface area contributed by atoms with Crippen molar-refractivity contribution in [2.24, 2.45) is 0 Å². The van der Waals surface area contributed by atoms with E-state index in [-0.39, 0.29) is 0 Å². The molecule has 2 heteroatoms. The predicted molar refractivity (Wildman–Crippen MR) is 54.3 cm³/mol. The molecule has 2 nitrogen and oxygen atoms in total. The molecule has 0 amide bonds. The van der Waals surface area contributed by atoms with Crippen LogP contribution in [0.5, 0.6) is 0 Å². The Hall–Kier alpha value is -1.49. The van der Waals surface area contributed by atoms with Gasteiger partial charge in [0.25, 0.3) is 0 Å². The fourth-order valence-electron chi connectivity index (χ4n) is 1.21. The molecule has 13 heavy (non-hydrogen) atoms. The third-order valence-corrected chi connectivity index (χ3v) is 2.38. The lowest BCUT2D eigenvalue weighted by atomic mass is 9.96. The van der Waals surface area contributed by atoms with Gasteiger partial charge < -0.3 is 5.73 Å². The maximum absolute atomic E-state index is 8.77. The Morgan fingerprint density at radius 3 is 2.77 bits per heavy atom. The number of hydrogen-bond acceptors (Lipinski definition) is 2. The topological polar surface area (TPSA) is 49.8 Å². The van der Waals surface area contributed by atoms with Crippen molar-refractivity contribution in [3.8, 4) is 6.07 Å². The number of rotatable bonds is 2. The van der Waals surface area contributed by atoms with Gasteiger partial charge in [0.05, 0.1) is 5.56 Å². The van der Waals surface area contributed by atoms with Crippen LogP contribution in [0.25, 0.3) is 0 Å². The first-order valence-electron chi connectivity index (χ1n) is 4.48. The zero-order valence-corrected chi connectivity index (χ0v) is 8.04. The molecule has 0 aromatic heterocycles. The first kappa shape index (κ1) is 9.60. The van der Waals surface area contributed by atoms with Crippen molar-refractivity contribution in [3.05, 3.63) is 29.3 Å². The highest BCUT2D eigenvalue weighted by atomic mass is 14.6. The van der Waals surface area contributed by atoms with Crippen molar-refractivity contribution in [1.82, 2.24) is 0 Å². The second-order valence-electron chi connectivity index (χ2n) is 3.27. The maximum atomic E-state index is 8.77. The highest BCUT2D eigenvalue weighted by Crippen LogP contribution is 2.22. The second kappa shape index (κ2) is 3.95. The molecule has 1 rings (SSSR count). The number of nitrogens with zero attached hydrogens (tertiary/aromatic N) is 1. The number of benzene rings is 1. The number of hydrogen-bond donors (Lipinski definition) is 1. The normalized spacial score (nSPS) is 12.1. The molecule has 1 aromatic rings. The van der Waals surface area contributed by atoms with Gasteiger partial charge in [-0.3, -0.25) is 0 Å². The van der Waals surface area contributed by atoms with E-state index in [1.165, 1.54) is 5.56 Å². The minimum Gasteiger partial charge on any atom is -0.398 e. The number of anilines is 1. The highest BCUT2D eigenvalue weighted by Gasteiger charge is 2.05. The molecule has 0 saturated carbocycles. The van der Waals surface area contributed by atoms with Gasteiger partial charge in [0.2, 0.25) is 0 Å². The molecular formula is C11H14N2. The van der Waals surface area contributed by atoms with E-state index in [2.05, 4.69) is 19.9 Å². The second-order valence-corrected chi connectivity index (χ2v) is 3.27. The average Bonchev–Trinajstić information content (AvgIpc) is 2.17. The summed E-state index contributed by atoms with van der Waals surface area (Å²) in [5.41, 5.74) is 7.95. The molecule has 1 unspecified atom stereocenters. The molecule has 0 heterocycles. The molecule has 0 radical (unpaired) electrons. The van der Waals surface area contributed by atoms with Gasteiger partial charge in [-0.25, -0.2) is 0 Å². The largest absolute Gasteiger partial charge is 0.398 e. The summed E-state index contributed by atoms with van der Waals surface area (Å²) < 4.78 is 0. The summed E-state index contributed by atoms with van der Waals surface area (Å²) in [6.07, 6.45) is 1.08. The van der Waals surface area contributed by atoms with Crippen LogP contribution in [-0.2, 0) is 0 Å². The maximum Gasteiger partial charge on any atom is 0.101 e. The van der Waals surface area contributed by atoms with E-state index in [1.807, 2.05) is 12.1 Å². The number of nitrogen functional groups attached to an aromatic ring is 1. The third kappa shape index (κ3) is 2.00. The molecule has 2 N–H and O–H groups in total. The van der Waals surface area contributed by atoms with Crippen molar-refractivity contribution >= 4 is 5.69 Å². The fraction of sp³-hybridized carbons (Fsp3) is 0.364. The molecule has 0 aliphatic rings. The summed E-state index contributed by atoms with van der Waals surface area (Å²) in [4.78, 5) is 0. The van der Waals surface area contributed by atoms with Crippen molar-refractivity contribution in [1.29, 1.82) is 5.26 Å². The van der Waals surface area contributed by atoms with E-state index in [4.69, 9.17) is 11.0 Å². The Balaban J connectivity index is 3.08. The summed E-state index contributed by atoms with van der Waals surface area (Å²) in [6.45, 7) is 4.28. The SMILES string of the molecule is CCC(C)c1ccc(N)c(C#N)c1. The first-order chi connectivity index (χ1) is 6.19. The summed E-state index contributed by atoms with van der Waals surface area (Å²) in [6, 6.07) is 7.76. The van der Waals surface area contributed by atoms with Gasteiger partial charge in [-0.05, 0) is 30.0 Å². The molecule has 0 aliphatic heterocycles. The highest BCUT2D eigenvalue weighted by molar-refractivity contribution is 5.55. The minimum atomic E-state index is 0.493. The van der Waals surface area contributed by atoms with Crippen LogP contribution < -0.4 is 5.73 Å². The molecule has 0 spiro atoms. The van der Waals surface area contributed by atoms with E-state index in [0.717, 1.165) is 6.42 Å². The molecule has 1 aromatic carbocycles. The van der Waals surface area contributed by atoms with Crippen molar-refractivity contribution < 1.29 is 0 Å². The molecule has 1 atom stereocenters. The Morgan fingerprint density at radius 2 is 2.23 bits per heavy atom. The Labute approximate surface area is 79.0 Å². The van der Waals surface area contributed by atoms with E-state index in [1.54, 1.807) is 6.07 Å². The van der Waals surface area contributed by atoms with Gasteiger partial charge in [-0.1, -0.05) is 19.9 Å². The predicted octanol–water partition coefficient (Wildman–Crippen LogP) is 2.65. The fourth-order valence-corrected chi connectivity index (χ4v) is 1.21. The van der Waals surface area contributed by atoms with Crippen molar-refractivity contribution in [3.63, 3.8) is 0 Å². The summed E-state index contributed by atoms with van der Waals surface area (Å²) >= 11 is 0.